The summed E-state index contributed by atoms with van der Waals surface area (Å²) in [6.07, 6.45) is 5.75. The summed E-state index contributed by atoms with van der Waals surface area (Å²) in [6.45, 7) is 5.96. The number of nitrogens with one attached hydrogen (secondary N) is 2. The van der Waals surface area contributed by atoms with E-state index in [1.54, 1.807) is 0 Å². The largest absolute Gasteiger partial charge is 0.374 e. The summed E-state index contributed by atoms with van der Waals surface area (Å²) in [5.74, 6) is 1.75. The zero-order valence-corrected chi connectivity index (χ0v) is 17.4. The van der Waals surface area contributed by atoms with Crippen LogP contribution in [0.25, 0.3) is 0 Å². The Morgan fingerprint density at radius 1 is 1.15 bits per heavy atom. The van der Waals surface area contributed by atoms with Gasteiger partial charge in [0.15, 0.2) is 5.82 Å². The number of ether oxygens (including phenoxy) is 1. The number of nitrogens with zero attached hydrogens (tertiary/aromatic N) is 3. The Balaban J connectivity index is 0.00000182. The molecule has 0 radical (unpaired) electrons. The van der Waals surface area contributed by atoms with Crippen molar-refractivity contribution in [1.29, 1.82) is 0 Å². The smallest absolute Gasteiger partial charge is 0.156 e. The van der Waals surface area contributed by atoms with E-state index < -0.39 is 0 Å². The molecule has 0 amide bonds. The van der Waals surface area contributed by atoms with Crippen molar-refractivity contribution in [1.82, 2.24) is 20.3 Å². The third kappa shape index (κ3) is 7.22. The number of rotatable bonds is 8. The molecule has 2 aromatic rings. The van der Waals surface area contributed by atoms with E-state index in [-0.39, 0.29) is 24.8 Å². The molecule has 1 aliphatic heterocycles. The van der Waals surface area contributed by atoms with Crippen molar-refractivity contribution in [3.05, 3.63) is 47.2 Å². The minimum Gasteiger partial charge on any atom is -0.374 e. The zero-order valence-electron chi connectivity index (χ0n) is 15.7. The maximum absolute atomic E-state index is 5.50. The van der Waals surface area contributed by atoms with Gasteiger partial charge in [-0.15, -0.1) is 24.8 Å². The Bertz CT molecular complexity index is 673. The molecule has 2 aromatic heterocycles. The lowest BCUT2D eigenvalue weighted by Gasteiger charge is -2.15. The molecule has 0 atom stereocenters. The molecule has 1 aliphatic rings. The second-order valence-corrected chi connectivity index (χ2v) is 6.15. The number of aromatic nitrogens is 3. The second kappa shape index (κ2) is 12.8. The molecule has 0 aliphatic carbocycles. The Morgan fingerprint density at radius 3 is 2.78 bits per heavy atom. The van der Waals surface area contributed by atoms with Gasteiger partial charge < -0.3 is 15.4 Å². The van der Waals surface area contributed by atoms with Gasteiger partial charge in [0.05, 0.1) is 5.69 Å². The van der Waals surface area contributed by atoms with Crippen LogP contribution in [0.15, 0.2) is 24.4 Å². The Kier molecular flexibility index (Phi) is 11.2. The van der Waals surface area contributed by atoms with E-state index in [0.717, 1.165) is 68.3 Å². The molecule has 6 nitrogen and oxygen atoms in total. The van der Waals surface area contributed by atoms with E-state index in [0.29, 0.717) is 13.2 Å². The van der Waals surface area contributed by atoms with E-state index in [2.05, 4.69) is 21.7 Å². The van der Waals surface area contributed by atoms with Crippen molar-refractivity contribution < 1.29 is 4.74 Å². The minimum atomic E-state index is 0. The predicted octanol–water partition coefficient (Wildman–Crippen LogP) is 2.98. The van der Waals surface area contributed by atoms with Crippen LogP contribution in [-0.2, 0) is 30.6 Å². The Labute approximate surface area is 173 Å². The van der Waals surface area contributed by atoms with Gasteiger partial charge >= 0.3 is 0 Å². The van der Waals surface area contributed by atoms with E-state index in [9.17, 15) is 0 Å². The maximum atomic E-state index is 5.50. The average molecular weight is 414 g/mol. The Hall–Kier alpha value is -1.47. The highest BCUT2D eigenvalue weighted by Gasteiger charge is 2.16. The van der Waals surface area contributed by atoms with Gasteiger partial charge in [-0.05, 0) is 44.9 Å². The average Bonchev–Trinajstić information content (AvgIpc) is 2.90. The van der Waals surface area contributed by atoms with Crippen molar-refractivity contribution in [2.24, 2.45) is 0 Å². The van der Waals surface area contributed by atoms with Gasteiger partial charge in [0.1, 0.15) is 12.4 Å². The van der Waals surface area contributed by atoms with Crippen LogP contribution in [0.5, 0.6) is 0 Å². The fourth-order valence-corrected chi connectivity index (χ4v) is 3.02. The molecule has 0 aromatic carbocycles. The van der Waals surface area contributed by atoms with Crippen LogP contribution in [0.3, 0.4) is 0 Å². The lowest BCUT2D eigenvalue weighted by Crippen LogP contribution is -2.16. The summed E-state index contributed by atoms with van der Waals surface area (Å²) >= 11 is 0. The van der Waals surface area contributed by atoms with Gasteiger partial charge in [-0.3, -0.25) is 4.98 Å². The first-order valence-corrected chi connectivity index (χ1v) is 9.17. The molecule has 27 heavy (non-hydrogen) atoms. The molecule has 0 saturated carbocycles. The van der Waals surface area contributed by atoms with Crippen molar-refractivity contribution >= 4 is 30.6 Å². The van der Waals surface area contributed by atoms with E-state index in [4.69, 9.17) is 14.7 Å². The van der Waals surface area contributed by atoms with Crippen LogP contribution >= 0.6 is 24.8 Å². The second-order valence-electron chi connectivity index (χ2n) is 6.15. The molecule has 2 N–H and O–H groups in total. The summed E-state index contributed by atoms with van der Waals surface area (Å²) in [7, 11) is 0. The lowest BCUT2D eigenvalue weighted by molar-refractivity contribution is 0.128. The number of halogens is 2. The summed E-state index contributed by atoms with van der Waals surface area (Å²) < 4.78 is 5.50. The quantitative estimate of drug-likeness (QED) is 0.648. The van der Waals surface area contributed by atoms with Gasteiger partial charge in [-0.1, -0.05) is 6.07 Å². The van der Waals surface area contributed by atoms with Crippen LogP contribution in [0.1, 0.15) is 36.1 Å². The minimum absolute atomic E-state index is 0. The molecule has 150 valence electrons. The molecular weight excluding hydrogens is 385 g/mol. The van der Waals surface area contributed by atoms with Gasteiger partial charge in [0.2, 0.25) is 0 Å². The summed E-state index contributed by atoms with van der Waals surface area (Å²) in [5, 5.41) is 6.96. The maximum Gasteiger partial charge on any atom is 0.156 e. The summed E-state index contributed by atoms with van der Waals surface area (Å²) in [5.41, 5.74) is 3.54. The van der Waals surface area contributed by atoms with E-state index >= 15 is 0 Å². The number of hydrogen-bond acceptors (Lipinski definition) is 6. The third-order valence-corrected chi connectivity index (χ3v) is 4.29. The monoisotopic (exact) mass is 413 g/mol. The molecular formula is C19H29Cl2N5O. The van der Waals surface area contributed by atoms with E-state index in [1.165, 1.54) is 5.56 Å². The molecule has 8 heteroatoms. The molecule has 0 saturated heterocycles. The first-order chi connectivity index (χ1) is 12.4. The third-order valence-electron chi connectivity index (χ3n) is 4.29. The first kappa shape index (κ1) is 23.6. The fraction of sp³-hybridized carbons (Fsp3) is 0.526. The first-order valence-electron chi connectivity index (χ1n) is 9.17. The summed E-state index contributed by atoms with van der Waals surface area (Å²) in [4.78, 5) is 13.8. The van der Waals surface area contributed by atoms with Crippen molar-refractivity contribution in [3.8, 4) is 0 Å². The van der Waals surface area contributed by atoms with Crippen LogP contribution in [-0.4, -0.2) is 41.2 Å². The van der Waals surface area contributed by atoms with E-state index in [1.807, 2.05) is 25.3 Å². The summed E-state index contributed by atoms with van der Waals surface area (Å²) in [6, 6.07) is 6.06. The number of anilines is 1. The predicted molar refractivity (Wildman–Crippen MR) is 113 cm³/mol. The van der Waals surface area contributed by atoms with Crippen molar-refractivity contribution in [2.45, 2.75) is 39.2 Å². The van der Waals surface area contributed by atoms with Crippen LogP contribution < -0.4 is 10.6 Å². The standard InChI is InChI=1S/C19H27N5O.2ClH/c1-2-25-14-18-23-17-9-13-20-12-8-16(17)19(24-18)22-11-5-7-15-6-3-4-10-21-15;;/h3-4,6,10,20H,2,5,7-9,11-14H2,1H3,(H,22,23,24);2*1H. The zero-order chi connectivity index (χ0) is 17.3. The van der Waals surface area contributed by atoms with Gasteiger partial charge in [0, 0.05) is 43.6 Å². The van der Waals surface area contributed by atoms with Crippen LogP contribution in [0.4, 0.5) is 5.82 Å². The highest BCUT2D eigenvalue weighted by atomic mass is 35.5. The molecule has 0 unspecified atom stereocenters. The lowest BCUT2D eigenvalue weighted by atomic mass is 10.1. The molecule has 0 spiro atoms. The normalized spacial score (nSPS) is 12.9. The number of hydrogen-bond donors (Lipinski definition) is 2. The topological polar surface area (TPSA) is 72.0 Å². The SMILES string of the molecule is CCOCc1nc2c(c(NCCCc3ccccn3)n1)CCNCC2.Cl.Cl. The van der Waals surface area contributed by atoms with Crippen LogP contribution in [0.2, 0.25) is 0 Å². The molecule has 3 rings (SSSR count). The highest BCUT2D eigenvalue weighted by Crippen LogP contribution is 2.20. The Morgan fingerprint density at radius 2 is 2.00 bits per heavy atom. The van der Waals surface area contributed by atoms with Gasteiger partial charge in [0.25, 0.3) is 0 Å². The van der Waals surface area contributed by atoms with Gasteiger partial charge in [-0.2, -0.15) is 0 Å². The highest BCUT2D eigenvalue weighted by molar-refractivity contribution is 5.85. The number of aryl methyl sites for hydroxylation is 1. The molecule has 3 heterocycles. The van der Waals surface area contributed by atoms with Gasteiger partial charge in [-0.25, -0.2) is 9.97 Å². The molecule has 0 bridgehead atoms. The molecule has 0 fully saturated rings. The number of pyridine rings is 1. The fourth-order valence-electron chi connectivity index (χ4n) is 3.02. The number of fused-ring (bicyclic) bond motifs is 1. The van der Waals surface area contributed by atoms with Crippen molar-refractivity contribution in [2.75, 3.05) is 31.6 Å². The van der Waals surface area contributed by atoms with Crippen molar-refractivity contribution in [3.63, 3.8) is 0 Å². The van der Waals surface area contributed by atoms with Crippen LogP contribution in [0, 0.1) is 0 Å².